The summed E-state index contributed by atoms with van der Waals surface area (Å²) in [7, 11) is 0. The van der Waals surface area contributed by atoms with Gasteiger partial charge in [0.25, 0.3) is 0 Å². The van der Waals surface area contributed by atoms with Gasteiger partial charge in [0.05, 0.1) is 6.61 Å². The predicted molar refractivity (Wildman–Crippen MR) is 69.1 cm³/mol. The van der Waals surface area contributed by atoms with Crippen LogP contribution in [0.5, 0.6) is 0 Å². The number of rotatable bonds is 1. The Kier molecular flexibility index (Phi) is 2.23. The molecule has 0 spiro atoms. The number of aliphatic hydroxyl groups is 1. The molecular weight excluding hydrogens is 228 g/mol. The van der Waals surface area contributed by atoms with E-state index in [1.165, 1.54) is 19.6 Å². The van der Waals surface area contributed by atoms with Crippen molar-refractivity contribution in [2.45, 2.75) is 31.2 Å². The molecule has 1 N–H and O–H groups in total. The van der Waals surface area contributed by atoms with Crippen LogP contribution in [0.1, 0.15) is 13.8 Å². The van der Waals surface area contributed by atoms with Gasteiger partial charge in [-0.15, -0.1) is 0 Å². The van der Waals surface area contributed by atoms with Crippen LogP contribution >= 0.6 is 0 Å². The highest BCUT2D eigenvalue weighted by molar-refractivity contribution is 5.19. The van der Waals surface area contributed by atoms with Gasteiger partial charge in [0.15, 0.2) is 0 Å². The minimum Gasteiger partial charge on any atom is -0.395 e. The highest BCUT2D eigenvalue weighted by Crippen LogP contribution is 2.50. The van der Waals surface area contributed by atoms with Crippen LogP contribution in [0.3, 0.4) is 0 Å². The lowest BCUT2D eigenvalue weighted by Gasteiger charge is -2.64. The Hall–Kier alpha value is -0.200. The van der Waals surface area contributed by atoms with Crippen molar-refractivity contribution in [1.82, 2.24) is 19.6 Å². The molecule has 0 radical (unpaired) electrons. The molecule has 4 rings (SSSR count). The molecule has 0 aromatic heterocycles. The van der Waals surface area contributed by atoms with E-state index in [9.17, 15) is 5.11 Å². The Morgan fingerprint density at radius 3 is 2.06 bits per heavy atom. The number of hydrogen-bond donors (Lipinski definition) is 1. The second kappa shape index (κ2) is 3.46. The zero-order valence-corrected chi connectivity index (χ0v) is 11.5. The molecule has 4 aliphatic rings. The maximum absolute atomic E-state index is 9.68. The summed E-state index contributed by atoms with van der Waals surface area (Å²) in [6, 6.07) is 0.328. The SMILES string of the molecule is C[C@]12N3CCN1CCN1C(CO)CN(CC3)[C@]12C. The average Bonchev–Trinajstić information content (AvgIpc) is 2.82. The third kappa shape index (κ3) is 1.04. The van der Waals surface area contributed by atoms with Crippen molar-refractivity contribution in [1.29, 1.82) is 0 Å². The molecular formula is C13H24N4O. The lowest BCUT2D eigenvalue weighted by Crippen LogP contribution is -2.81. The maximum Gasteiger partial charge on any atom is 0.104 e. The van der Waals surface area contributed by atoms with E-state index >= 15 is 0 Å². The van der Waals surface area contributed by atoms with E-state index in [-0.39, 0.29) is 11.3 Å². The summed E-state index contributed by atoms with van der Waals surface area (Å²) in [4.78, 5) is 10.5. The van der Waals surface area contributed by atoms with Crippen LogP contribution in [-0.4, -0.2) is 94.5 Å². The van der Waals surface area contributed by atoms with Crippen molar-refractivity contribution in [3.05, 3.63) is 0 Å². The fourth-order valence-corrected chi connectivity index (χ4v) is 5.11. The van der Waals surface area contributed by atoms with Crippen LogP contribution in [0.2, 0.25) is 0 Å². The summed E-state index contributed by atoms with van der Waals surface area (Å²) >= 11 is 0. The molecule has 0 aliphatic carbocycles. The molecule has 4 saturated heterocycles. The van der Waals surface area contributed by atoms with E-state index in [0.717, 1.165) is 26.2 Å². The first-order valence-electron chi connectivity index (χ1n) is 7.25. The smallest absolute Gasteiger partial charge is 0.104 e. The first kappa shape index (κ1) is 11.6. The van der Waals surface area contributed by atoms with Crippen LogP contribution in [0.15, 0.2) is 0 Å². The van der Waals surface area contributed by atoms with Crippen LogP contribution in [0, 0.1) is 0 Å². The van der Waals surface area contributed by atoms with Crippen LogP contribution in [0.4, 0.5) is 0 Å². The number of hydrogen-bond acceptors (Lipinski definition) is 5. The Morgan fingerprint density at radius 2 is 1.44 bits per heavy atom. The van der Waals surface area contributed by atoms with E-state index in [4.69, 9.17) is 0 Å². The maximum atomic E-state index is 9.68. The van der Waals surface area contributed by atoms with Crippen molar-refractivity contribution in [3.63, 3.8) is 0 Å². The Balaban J connectivity index is 1.83. The van der Waals surface area contributed by atoms with Gasteiger partial charge in [-0.25, -0.2) is 0 Å². The second-order valence-corrected chi connectivity index (χ2v) is 6.49. The largest absolute Gasteiger partial charge is 0.395 e. The number of nitrogens with zero attached hydrogens (tertiary/aromatic N) is 4. The highest BCUT2D eigenvalue weighted by atomic mass is 16.3. The van der Waals surface area contributed by atoms with Gasteiger partial charge in [-0.3, -0.25) is 19.6 Å². The second-order valence-electron chi connectivity index (χ2n) is 6.49. The molecule has 0 aromatic rings. The minimum absolute atomic E-state index is 0.0768. The van der Waals surface area contributed by atoms with Crippen molar-refractivity contribution >= 4 is 0 Å². The highest BCUT2D eigenvalue weighted by Gasteiger charge is 2.68. The third-order valence-corrected chi connectivity index (χ3v) is 6.28. The molecule has 0 bridgehead atoms. The zero-order valence-electron chi connectivity index (χ0n) is 11.5. The molecule has 4 aliphatic heterocycles. The molecule has 18 heavy (non-hydrogen) atoms. The first-order valence-corrected chi connectivity index (χ1v) is 7.25. The molecule has 4 heterocycles. The van der Waals surface area contributed by atoms with Gasteiger partial charge >= 0.3 is 0 Å². The van der Waals surface area contributed by atoms with Gasteiger partial charge in [0, 0.05) is 51.9 Å². The number of aliphatic hydroxyl groups excluding tert-OH is 1. The van der Waals surface area contributed by atoms with Crippen molar-refractivity contribution in [2.75, 3.05) is 52.4 Å². The monoisotopic (exact) mass is 252 g/mol. The van der Waals surface area contributed by atoms with Gasteiger partial charge < -0.3 is 5.11 Å². The molecule has 3 atom stereocenters. The molecule has 4 fully saturated rings. The van der Waals surface area contributed by atoms with Crippen molar-refractivity contribution in [2.24, 2.45) is 0 Å². The van der Waals surface area contributed by atoms with Gasteiger partial charge in [-0.05, 0) is 13.8 Å². The van der Waals surface area contributed by atoms with Gasteiger partial charge in [-0.1, -0.05) is 0 Å². The summed E-state index contributed by atoms with van der Waals surface area (Å²) in [5.41, 5.74) is 0.209. The van der Waals surface area contributed by atoms with Crippen LogP contribution in [0.25, 0.3) is 0 Å². The first-order chi connectivity index (χ1) is 8.62. The lowest BCUT2D eigenvalue weighted by molar-refractivity contribution is -0.207. The molecule has 102 valence electrons. The van der Waals surface area contributed by atoms with Gasteiger partial charge in [-0.2, -0.15) is 0 Å². The average molecular weight is 252 g/mol. The predicted octanol–water partition coefficient (Wildman–Crippen LogP) is -0.958. The van der Waals surface area contributed by atoms with E-state index < -0.39 is 0 Å². The Morgan fingerprint density at radius 1 is 0.889 bits per heavy atom. The topological polar surface area (TPSA) is 33.2 Å². The van der Waals surface area contributed by atoms with Gasteiger partial charge in [0.2, 0.25) is 0 Å². The third-order valence-electron chi connectivity index (χ3n) is 6.28. The fraction of sp³-hybridized carbons (Fsp3) is 1.00. The van der Waals surface area contributed by atoms with Crippen LogP contribution in [-0.2, 0) is 0 Å². The zero-order chi connectivity index (χ0) is 12.5. The molecule has 0 amide bonds. The van der Waals surface area contributed by atoms with E-state index in [1.807, 2.05) is 0 Å². The standard InChI is InChI=1S/C13H24N4O/c1-12-13(2)16-6-5-14(12)3-4-15(12)7-8-17(13)11(9-16)10-18/h11,18H,3-10H2,1-2H3/t11?,12-,13+/m0/s1. The molecule has 5 nitrogen and oxygen atoms in total. The molecule has 0 aromatic carbocycles. The normalized spacial score (nSPS) is 49.8. The summed E-state index contributed by atoms with van der Waals surface area (Å²) in [6.45, 7) is 13.1. The molecule has 0 saturated carbocycles. The van der Waals surface area contributed by atoms with E-state index in [1.54, 1.807) is 0 Å². The van der Waals surface area contributed by atoms with E-state index in [2.05, 4.69) is 33.4 Å². The van der Waals surface area contributed by atoms with Crippen molar-refractivity contribution < 1.29 is 5.11 Å². The summed E-state index contributed by atoms with van der Waals surface area (Å²) in [6.07, 6.45) is 0. The van der Waals surface area contributed by atoms with Gasteiger partial charge in [0.1, 0.15) is 11.3 Å². The number of piperazine rings is 2. The van der Waals surface area contributed by atoms with Crippen molar-refractivity contribution in [3.8, 4) is 0 Å². The molecule has 1 unspecified atom stereocenters. The summed E-state index contributed by atoms with van der Waals surface area (Å²) in [5.74, 6) is 0. The quantitative estimate of drug-likeness (QED) is 0.650. The molecule has 5 heteroatoms. The Bertz CT molecular complexity index is 370. The Labute approximate surface area is 109 Å². The van der Waals surface area contributed by atoms with Crippen LogP contribution < -0.4 is 0 Å². The minimum atomic E-state index is 0.0768. The fourth-order valence-electron chi connectivity index (χ4n) is 5.11. The van der Waals surface area contributed by atoms with E-state index in [0.29, 0.717) is 12.6 Å². The summed E-state index contributed by atoms with van der Waals surface area (Å²) in [5, 5.41) is 9.68. The lowest BCUT2D eigenvalue weighted by atomic mass is 9.87. The summed E-state index contributed by atoms with van der Waals surface area (Å²) < 4.78 is 0.